The Bertz CT molecular complexity index is 241. The molecule has 0 aromatic rings. The Hall–Kier alpha value is 0.810. The van der Waals surface area contributed by atoms with Gasteiger partial charge in [0.05, 0.1) is 0 Å². The van der Waals surface area contributed by atoms with Crippen molar-refractivity contribution in [1.82, 2.24) is 0 Å². The third-order valence-corrected chi connectivity index (χ3v) is 5.62. The topological polar surface area (TPSA) is 17.1 Å². The zero-order chi connectivity index (χ0) is 15.1. The maximum Gasteiger partial charge on any atom is 0.253 e. The van der Waals surface area contributed by atoms with E-state index in [9.17, 15) is 4.57 Å². The summed E-state index contributed by atoms with van der Waals surface area (Å²) < 4.78 is 11.1. The Morgan fingerprint density at radius 1 is 0.600 bits per heavy atom. The predicted octanol–water partition coefficient (Wildman–Crippen LogP) is 8.14. The third-order valence-electron chi connectivity index (χ3n) is 3.77. The lowest BCUT2D eigenvalue weighted by molar-refractivity contribution is 0.537. The summed E-state index contributed by atoms with van der Waals surface area (Å²) in [6, 6.07) is 0. The van der Waals surface area contributed by atoms with E-state index in [4.69, 9.17) is 22.5 Å². The fourth-order valence-corrected chi connectivity index (χ4v) is 3.80. The van der Waals surface area contributed by atoms with Crippen molar-refractivity contribution >= 4 is 28.3 Å². The van der Waals surface area contributed by atoms with Crippen molar-refractivity contribution in [3.05, 3.63) is 0 Å². The van der Waals surface area contributed by atoms with Gasteiger partial charge in [0.25, 0.3) is 5.85 Å². The lowest BCUT2D eigenvalue weighted by Crippen LogP contribution is -1.84. The van der Waals surface area contributed by atoms with Gasteiger partial charge in [-0.2, -0.15) is 0 Å². The molecule has 1 nitrogen and oxygen atoms in total. The van der Waals surface area contributed by atoms with Crippen molar-refractivity contribution in [2.45, 2.75) is 96.8 Å². The van der Waals surface area contributed by atoms with Gasteiger partial charge in [0.1, 0.15) is 0 Å². The molecular formula is C16H33Cl2OP. The molecule has 0 atom stereocenters. The maximum atomic E-state index is 11.1. The van der Waals surface area contributed by atoms with Gasteiger partial charge in [-0.25, -0.2) is 0 Å². The first kappa shape index (κ1) is 20.8. The van der Waals surface area contributed by atoms with Crippen molar-refractivity contribution in [2.24, 2.45) is 0 Å². The van der Waals surface area contributed by atoms with E-state index in [1.165, 1.54) is 77.0 Å². The zero-order valence-corrected chi connectivity index (χ0v) is 15.6. The Labute approximate surface area is 136 Å². The summed E-state index contributed by atoms with van der Waals surface area (Å²) in [6.45, 7) is 2.27. The van der Waals surface area contributed by atoms with Crippen molar-refractivity contribution in [3.8, 4) is 0 Å². The number of hydrogen-bond acceptors (Lipinski definition) is 1. The molecule has 0 radical (unpaired) electrons. The van der Waals surface area contributed by atoms with E-state index < -0.39 is 5.85 Å². The van der Waals surface area contributed by atoms with Gasteiger partial charge in [0.2, 0.25) is 0 Å². The highest BCUT2D eigenvalue weighted by atomic mass is 35.9. The van der Waals surface area contributed by atoms with Gasteiger partial charge in [-0.3, -0.25) is 4.57 Å². The van der Waals surface area contributed by atoms with Gasteiger partial charge < -0.3 is 0 Å². The summed E-state index contributed by atoms with van der Waals surface area (Å²) in [5.74, 6) is -2.81. The molecule has 122 valence electrons. The van der Waals surface area contributed by atoms with Crippen LogP contribution < -0.4 is 0 Å². The lowest BCUT2D eigenvalue weighted by Gasteiger charge is -2.03. The van der Waals surface area contributed by atoms with Crippen LogP contribution in [0.1, 0.15) is 96.8 Å². The van der Waals surface area contributed by atoms with Crippen LogP contribution in [0.15, 0.2) is 0 Å². The van der Waals surface area contributed by atoms with E-state index in [1.54, 1.807) is 0 Å². The Morgan fingerprint density at radius 2 is 0.900 bits per heavy atom. The van der Waals surface area contributed by atoms with Crippen LogP contribution in [0.2, 0.25) is 0 Å². The summed E-state index contributed by atoms with van der Waals surface area (Å²) in [5.41, 5.74) is 0. The Morgan fingerprint density at radius 3 is 1.20 bits per heavy atom. The molecule has 0 bridgehead atoms. The molecule has 0 aromatic carbocycles. The molecule has 0 aliphatic rings. The molecule has 4 heteroatoms. The second-order valence-electron chi connectivity index (χ2n) is 5.89. The average molecular weight is 343 g/mol. The standard InChI is InChI=1S/C16H33Cl2OP/c1-2-3-4-5-6-7-8-9-10-11-12-13-14-15-16-20(17,18)19/h2-16H2,1H3. The average Bonchev–Trinajstić information content (AvgIpc) is 2.38. The van der Waals surface area contributed by atoms with E-state index in [0.717, 1.165) is 12.8 Å². The minimum Gasteiger partial charge on any atom is -0.289 e. The van der Waals surface area contributed by atoms with Crippen LogP contribution in [-0.4, -0.2) is 6.16 Å². The number of halogens is 2. The molecule has 0 fully saturated rings. The van der Waals surface area contributed by atoms with Gasteiger partial charge in [0, 0.05) is 6.16 Å². The minimum atomic E-state index is -2.81. The second kappa shape index (κ2) is 14.7. The van der Waals surface area contributed by atoms with Gasteiger partial charge in [-0.1, -0.05) is 90.4 Å². The summed E-state index contributed by atoms with van der Waals surface area (Å²) in [4.78, 5) is 0. The predicted molar refractivity (Wildman–Crippen MR) is 94.5 cm³/mol. The largest absolute Gasteiger partial charge is 0.289 e. The molecule has 0 heterocycles. The quantitative estimate of drug-likeness (QED) is 0.217. The maximum absolute atomic E-state index is 11.1. The lowest BCUT2D eigenvalue weighted by atomic mass is 10.0. The smallest absolute Gasteiger partial charge is 0.253 e. The zero-order valence-electron chi connectivity index (χ0n) is 13.2. The highest BCUT2D eigenvalue weighted by Gasteiger charge is 2.11. The van der Waals surface area contributed by atoms with E-state index in [0.29, 0.717) is 6.16 Å². The molecule has 0 aliphatic heterocycles. The molecule has 0 saturated carbocycles. The van der Waals surface area contributed by atoms with Crippen molar-refractivity contribution in [1.29, 1.82) is 0 Å². The molecule has 20 heavy (non-hydrogen) atoms. The van der Waals surface area contributed by atoms with E-state index in [-0.39, 0.29) is 0 Å². The summed E-state index contributed by atoms with van der Waals surface area (Å²) >= 11 is 11.0. The third kappa shape index (κ3) is 18.8. The van der Waals surface area contributed by atoms with E-state index in [1.807, 2.05) is 0 Å². The van der Waals surface area contributed by atoms with Crippen LogP contribution in [-0.2, 0) is 4.57 Å². The second-order valence-corrected chi connectivity index (χ2v) is 11.3. The Balaban J connectivity index is 3.01. The van der Waals surface area contributed by atoms with Gasteiger partial charge in [-0.05, 0) is 28.9 Å². The molecule has 0 unspecified atom stereocenters. The van der Waals surface area contributed by atoms with Crippen LogP contribution in [0.5, 0.6) is 0 Å². The molecule has 0 N–H and O–H groups in total. The van der Waals surface area contributed by atoms with Crippen LogP contribution in [0.4, 0.5) is 0 Å². The van der Waals surface area contributed by atoms with Crippen molar-refractivity contribution in [3.63, 3.8) is 0 Å². The van der Waals surface area contributed by atoms with E-state index in [2.05, 4.69) is 6.92 Å². The molecule has 0 spiro atoms. The van der Waals surface area contributed by atoms with Crippen LogP contribution >= 0.6 is 28.3 Å². The molecular weight excluding hydrogens is 310 g/mol. The molecule has 0 aromatic heterocycles. The fraction of sp³-hybridized carbons (Fsp3) is 1.00. The molecule has 0 saturated heterocycles. The summed E-state index contributed by atoms with van der Waals surface area (Å²) in [5, 5.41) is 0. The SMILES string of the molecule is CCCCCCCCCCCCCCCCP(=O)(Cl)Cl. The number of hydrogen-bond donors (Lipinski definition) is 0. The van der Waals surface area contributed by atoms with Gasteiger partial charge in [-0.15, -0.1) is 0 Å². The van der Waals surface area contributed by atoms with Crippen LogP contribution in [0.3, 0.4) is 0 Å². The highest BCUT2D eigenvalue weighted by molar-refractivity contribution is 8.08. The molecule has 0 aliphatic carbocycles. The van der Waals surface area contributed by atoms with Crippen molar-refractivity contribution < 1.29 is 4.57 Å². The molecule has 0 amide bonds. The van der Waals surface area contributed by atoms with Crippen LogP contribution in [0.25, 0.3) is 0 Å². The number of rotatable bonds is 15. The normalized spacial score (nSPS) is 11.9. The minimum absolute atomic E-state index is 0.480. The first-order valence-electron chi connectivity index (χ1n) is 8.54. The number of unbranched alkanes of at least 4 members (excludes halogenated alkanes) is 13. The Kier molecular flexibility index (Phi) is 15.3. The summed E-state index contributed by atoms with van der Waals surface area (Å²) in [7, 11) is 0. The van der Waals surface area contributed by atoms with Gasteiger partial charge >= 0.3 is 0 Å². The summed E-state index contributed by atoms with van der Waals surface area (Å²) in [6.07, 6.45) is 19.0. The highest BCUT2D eigenvalue weighted by Crippen LogP contribution is 2.57. The van der Waals surface area contributed by atoms with Crippen molar-refractivity contribution in [2.75, 3.05) is 6.16 Å². The van der Waals surface area contributed by atoms with Gasteiger partial charge in [0.15, 0.2) is 0 Å². The van der Waals surface area contributed by atoms with Crippen LogP contribution in [0, 0.1) is 0 Å². The first-order chi connectivity index (χ1) is 9.56. The fourth-order valence-electron chi connectivity index (χ4n) is 2.49. The monoisotopic (exact) mass is 342 g/mol. The van der Waals surface area contributed by atoms with E-state index >= 15 is 0 Å². The molecule has 0 rings (SSSR count). The first-order valence-corrected chi connectivity index (χ1v) is 12.2.